The highest BCUT2D eigenvalue weighted by Gasteiger charge is 2.20. The van der Waals surface area contributed by atoms with Crippen molar-refractivity contribution in [3.8, 4) is 0 Å². The minimum Gasteiger partial charge on any atom is -0.343 e. The number of nitrogens with zero attached hydrogens (tertiary/aromatic N) is 1. The lowest BCUT2D eigenvalue weighted by molar-refractivity contribution is -0.137. The molecule has 2 rings (SSSR count). The molecule has 1 aromatic heterocycles. The molecule has 0 saturated heterocycles. The van der Waals surface area contributed by atoms with Gasteiger partial charge in [0.15, 0.2) is 0 Å². The number of para-hydroxylation sites is 1. The van der Waals surface area contributed by atoms with Gasteiger partial charge in [-0.1, -0.05) is 18.2 Å². The minimum atomic E-state index is -0.696. The summed E-state index contributed by atoms with van der Waals surface area (Å²) < 4.78 is 0. The predicted molar refractivity (Wildman–Crippen MR) is 78.3 cm³/mol. The van der Waals surface area contributed by atoms with E-state index in [4.69, 9.17) is 0 Å². The largest absolute Gasteiger partial charge is 0.343 e. The molecule has 2 aromatic rings. The second kappa shape index (κ2) is 5.28. The monoisotopic (exact) mass is 271 g/mol. The predicted octanol–water partition coefficient (Wildman–Crippen LogP) is 2.09. The van der Waals surface area contributed by atoms with Gasteiger partial charge in [-0.05, 0) is 32.9 Å². The van der Waals surface area contributed by atoms with Gasteiger partial charge in [0.1, 0.15) is 0 Å². The number of nitrogens with one attached hydrogen (secondary N) is 2. The Morgan fingerprint density at radius 1 is 1.05 bits per heavy atom. The van der Waals surface area contributed by atoms with Gasteiger partial charge in [-0.3, -0.25) is 14.6 Å². The zero-order chi connectivity index (χ0) is 14.8. The number of pyridine rings is 1. The molecule has 2 N–H and O–H groups in total. The molecule has 5 heteroatoms. The molecule has 2 amide bonds. The maximum atomic E-state index is 11.9. The van der Waals surface area contributed by atoms with Crippen molar-refractivity contribution in [3.63, 3.8) is 0 Å². The number of hydrogen-bond donors (Lipinski definition) is 2. The molecule has 0 aliphatic heterocycles. The first-order chi connectivity index (χ1) is 9.37. The summed E-state index contributed by atoms with van der Waals surface area (Å²) >= 11 is 0. The van der Waals surface area contributed by atoms with E-state index in [1.807, 2.05) is 39.0 Å². The molecule has 0 unspecified atom stereocenters. The van der Waals surface area contributed by atoms with Crippen LogP contribution in [0.25, 0.3) is 10.9 Å². The number of carbonyl (C=O) groups excluding carboxylic acids is 2. The third kappa shape index (κ3) is 3.32. The molecular weight excluding hydrogens is 254 g/mol. The molecule has 0 atom stereocenters. The lowest BCUT2D eigenvalue weighted by Crippen LogP contribution is -2.46. The Labute approximate surface area is 117 Å². The third-order valence-corrected chi connectivity index (χ3v) is 2.58. The van der Waals surface area contributed by atoms with Crippen molar-refractivity contribution >= 4 is 28.4 Å². The van der Waals surface area contributed by atoms with E-state index in [1.54, 1.807) is 18.3 Å². The first-order valence-electron chi connectivity index (χ1n) is 6.34. The highest BCUT2D eigenvalue weighted by Crippen LogP contribution is 2.20. The van der Waals surface area contributed by atoms with E-state index in [0.717, 1.165) is 5.39 Å². The molecule has 104 valence electrons. The van der Waals surface area contributed by atoms with Gasteiger partial charge in [-0.15, -0.1) is 0 Å². The van der Waals surface area contributed by atoms with Gasteiger partial charge in [0.2, 0.25) is 0 Å². The van der Waals surface area contributed by atoms with Crippen molar-refractivity contribution in [3.05, 3.63) is 36.5 Å². The molecule has 0 bridgehead atoms. The van der Waals surface area contributed by atoms with Crippen molar-refractivity contribution in [1.29, 1.82) is 0 Å². The lowest BCUT2D eigenvalue weighted by Gasteiger charge is -2.20. The number of rotatable bonds is 1. The Balaban J connectivity index is 2.20. The van der Waals surface area contributed by atoms with Crippen molar-refractivity contribution in [2.75, 3.05) is 5.32 Å². The lowest BCUT2D eigenvalue weighted by atomic mass is 10.1. The summed E-state index contributed by atoms with van der Waals surface area (Å²) in [6.07, 6.45) is 1.65. The van der Waals surface area contributed by atoms with Crippen LogP contribution in [0.3, 0.4) is 0 Å². The second-order valence-electron chi connectivity index (χ2n) is 5.54. The first kappa shape index (κ1) is 14.0. The normalized spacial score (nSPS) is 11.2. The molecule has 5 nitrogen and oxygen atoms in total. The second-order valence-corrected chi connectivity index (χ2v) is 5.54. The van der Waals surface area contributed by atoms with Gasteiger partial charge < -0.3 is 10.6 Å². The Kier molecular flexibility index (Phi) is 3.70. The van der Waals surface area contributed by atoms with E-state index >= 15 is 0 Å². The molecular formula is C15H17N3O2. The van der Waals surface area contributed by atoms with Crippen LogP contribution in [-0.2, 0) is 9.59 Å². The number of amides is 2. The maximum Gasteiger partial charge on any atom is 0.313 e. The fourth-order valence-electron chi connectivity index (χ4n) is 1.78. The topological polar surface area (TPSA) is 71.1 Å². The van der Waals surface area contributed by atoms with E-state index in [-0.39, 0.29) is 0 Å². The van der Waals surface area contributed by atoms with E-state index in [9.17, 15) is 9.59 Å². The smallest absolute Gasteiger partial charge is 0.313 e. The van der Waals surface area contributed by atoms with Crippen molar-refractivity contribution in [2.45, 2.75) is 26.3 Å². The molecule has 20 heavy (non-hydrogen) atoms. The zero-order valence-corrected chi connectivity index (χ0v) is 11.7. The summed E-state index contributed by atoms with van der Waals surface area (Å²) in [6, 6.07) is 9.14. The summed E-state index contributed by atoms with van der Waals surface area (Å²) in [7, 11) is 0. The fourth-order valence-corrected chi connectivity index (χ4v) is 1.78. The van der Waals surface area contributed by atoms with E-state index < -0.39 is 17.4 Å². The molecule has 0 spiro atoms. The number of fused-ring (bicyclic) bond motifs is 1. The molecule has 1 aromatic carbocycles. The Hall–Kier alpha value is -2.43. The van der Waals surface area contributed by atoms with Crippen LogP contribution in [0.15, 0.2) is 36.5 Å². The quantitative estimate of drug-likeness (QED) is 0.780. The summed E-state index contributed by atoms with van der Waals surface area (Å²) in [5.41, 5.74) is 0.731. The van der Waals surface area contributed by atoms with Crippen LogP contribution < -0.4 is 10.6 Å². The number of hydrogen-bond acceptors (Lipinski definition) is 3. The van der Waals surface area contributed by atoms with Crippen molar-refractivity contribution < 1.29 is 9.59 Å². The van der Waals surface area contributed by atoms with Gasteiger partial charge >= 0.3 is 11.8 Å². The van der Waals surface area contributed by atoms with Crippen molar-refractivity contribution in [1.82, 2.24) is 10.3 Å². The van der Waals surface area contributed by atoms with Gasteiger partial charge in [-0.25, -0.2) is 0 Å². The van der Waals surface area contributed by atoms with Crippen LogP contribution in [0, 0.1) is 0 Å². The Morgan fingerprint density at radius 2 is 1.75 bits per heavy atom. The molecule has 0 fully saturated rings. The summed E-state index contributed by atoms with van der Waals surface area (Å²) in [6.45, 7) is 5.45. The Morgan fingerprint density at radius 3 is 2.45 bits per heavy atom. The van der Waals surface area contributed by atoms with Gasteiger partial charge in [-0.2, -0.15) is 0 Å². The summed E-state index contributed by atoms with van der Waals surface area (Å²) in [4.78, 5) is 27.9. The molecule has 0 aliphatic rings. The summed E-state index contributed by atoms with van der Waals surface area (Å²) in [5.74, 6) is -1.36. The van der Waals surface area contributed by atoms with Gasteiger partial charge in [0.25, 0.3) is 0 Å². The van der Waals surface area contributed by atoms with Gasteiger partial charge in [0.05, 0.1) is 11.2 Å². The first-order valence-corrected chi connectivity index (χ1v) is 6.34. The Bertz CT molecular complexity index is 654. The van der Waals surface area contributed by atoms with Crippen LogP contribution in [0.4, 0.5) is 5.69 Å². The van der Waals surface area contributed by atoms with Crippen molar-refractivity contribution in [2.24, 2.45) is 0 Å². The number of benzene rings is 1. The highest BCUT2D eigenvalue weighted by molar-refractivity contribution is 6.40. The summed E-state index contributed by atoms with van der Waals surface area (Å²) in [5, 5.41) is 6.11. The molecule has 0 radical (unpaired) electrons. The van der Waals surface area contributed by atoms with Crippen LogP contribution in [-0.4, -0.2) is 22.3 Å². The molecule has 0 saturated carbocycles. The maximum absolute atomic E-state index is 11.9. The van der Waals surface area contributed by atoms with Crippen LogP contribution in [0.1, 0.15) is 20.8 Å². The van der Waals surface area contributed by atoms with Crippen LogP contribution in [0.5, 0.6) is 0 Å². The number of anilines is 1. The fraction of sp³-hybridized carbons (Fsp3) is 0.267. The number of carbonyl (C=O) groups is 2. The average Bonchev–Trinajstić information content (AvgIpc) is 2.37. The molecule has 1 heterocycles. The zero-order valence-electron chi connectivity index (χ0n) is 11.7. The van der Waals surface area contributed by atoms with E-state index in [1.165, 1.54) is 0 Å². The van der Waals surface area contributed by atoms with E-state index in [0.29, 0.717) is 11.2 Å². The van der Waals surface area contributed by atoms with Crippen LogP contribution in [0.2, 0.25) is 0 Å². The number of aromatic nitrogens is 1. The third-order valence-electron chi connectivity index (χ3n) is 2.58. The minimum absolute atomic E-state index is 0.453. The standard InChI is InChI=1S/C15H17N3O2/c1-15(2,3)18-14(20)13(19)17-11-8-4-6-10-7-5-9-16-12(10)11/h4-9H,1-3H3,(H,17,19)(H,18,20). The highest BCUT2D eigenvalue weighted by atomic mass is 16.2. The van der Waals surface area contributed by atoms with E-state index in [2.05, 4.69) is 15.6 Å². The average molecular weight is 271 g/mol. The SMILES string of the molecule is CC(C)(C)NC(=O)C(=O)Nc1cccc2cccnc12. The van der Waals surface area contributed by atoms with Crippen LogP contribution >= 0.6 is 0 Å². The molecule has 0 aliphatic carbocycles. The van der Waals surface area contributed by atoms with Gasteiger partial charge in [0, 0.05) is 17.1 Å².